The van der Waals surface area contributed by atoms with Crippen LogP contribution < -0.4 is 16.6 Å². The number of hydrogen-bond acceptors (Lipinski definition) is 7. The molecule has 4 aromatic heterocycles. The highest BCUT2D eigenvalue weighted by atomic mass is 16.2. The van der Waals surface area contributed by atoms with Gasteiger partial charge in [0.2, 0.25) is 0 Å². The van der Waals surface area contributed by atoms with Crippen LogP contribution in [0.2, 0.25) is 0 Å². The number of amides is 1. The number of carbonyl (C=O) groups excluding carboxylic acids is 1. The van der Waals surface area contributed by atoms with Gasteiger partial charge in [0.15, 0.2) is 5.65 Å². The smallest absolute Gasteiger partial charge is 0.267 e. The third kappa shape index (κ3) is 4.41. The second kappa shape index (κ2) is 10.2. The Labute approximate surface area is 228 Å². The van der Waals surface area contributed by atoms with Gasteiger partial charge in [-0.05, 0) is 43.3 Å². The molecule has 0 aliphatic heterocycles. The number of hydrogen-bond donors (Lipinski definition) is 2. The SMILES string of the molecule is C[C@H](NC(=O)c1c(N)ncn2ccnc12)c1nc2cccc(C#Cc3cccnc3)c2c(=O)n1-c1ccccc1. The van der Waals surface area contributed by atoms with Crippen molar-refractivity contribution in [1.29, 1.82) is 0 Å². The standard InChI is InChI=1S/C30H22N8O2/c1-19(35-29(39)25-26(31)34-18-37-16-15-33-28(25)37)27-36-23-11-5-8-21(13-12-20-7-6-14-32-17-20)24(23)30(40)38(27)22-9-3-2-4-10-22/h2-11,14-19H,31H2,1H3,(H,35,39)/t19-/m0/s1. The summed E-state index contributed by atoms with van der Waals surface area (Å²) in [6.07, 6.45) is 8.06. The topological polar surface area (TPSA) is 133 Å². The van der Waals surface area contributed by atoms with Crippen molar-refractivity contribution in [2.24, 2.45) is 0 Å². The van der Waals surface area contributed by atoms with Crippen LogP contribution in [0.3, 0.4) is 0 Å². The molecule has 10 nitrogen and oxygen atoms in total. The maximum absolute atomic E-state index is 14.1. The number of nitrogens with zero attached hydrogens (tertiary/aromatic N) is 6. The number of imidazole rings is 1. The first-order valence-corrected chi connectivity index (χ1v) is 12.4. The first-order valence-electron chi connectivity index (χ1n) is 12.4. The van der Waals surface area contributed by atoms with E-state index in [0.29, 0.717) is 33.6 Å². The molecule has 1 amide bonds. The van der Waals surface area contributed by atoms with Gasteiger partial charge < -0.3 is 11.1 Å². The van der Waals surface area contributed by atoms with E-state index in [2.05, 4.69) is 32.1 Å². The molecule has 0 saturated carbocycles. The van der Waals surface area contributed by atoms with Gasteiger partial charge in [-0.3, -0.25) is 23.5 Å². The number of nitrogens with one attached hydrogen (secondary N) is 1. The van der Waals surface area contributed by atoms with E-state index in [0.717, 1.165) is 5.56 Å². The van der Waals surface area contributed by atoms with E-state index in [1.807, 2.05) is 36.4 Å². The fourth-order valence-corrected chi connectivity index (χ4v) is 4.50. The Morgan fingerprint density at radius 2 is 1.85 bits per heavy atom. The van der Waals surface area contributed by atoms with Crippen molar-refractivity contribution in [2.75, 3.05) is 5.73 Å². The number of nitrogens with two attached hydrogens (primary N) is 1. The van der Waals surface area contributed by atoms with Gasteiger partial charge >= 0.3 is 0 Å². The monoisotopic (exact) mass is 526 g/mol. The van der Waals surface area contributed by atoms with Crippen LogP contribution in [0.1, 0.15) is 40.3 Å². The highest BCUT2D eigenvalue weighted by Crippen LogP contribution is 2.22. The number of fused-ring (bicyclic) bond motifs is 2. The van der Waals surface area contributed by atoms with E-state index in [4.69, 9.17) is 10.7 Å². The third-order valence-electron chi connectivity index (χ3n) is 6.37. The number of carbonyl (C=O) groups is 1. The zero-order valence-corrected chi connectivity index (χ0v) is 21.3. The number of pyridine rings is 1. The molecule has 4 heterocycles. The molecule has 0 spiro atoms. The Morgan fingerprint density at radius 1 is 1.00 bits per heavy atom. The van der Waals surface area contributed by atoms with Crippen molar-refractivity contribution < 1.29 is 4.79 Å². The molecule has 0 aliphatic rings. The van der Waals surface area contributed by atoms with Crippen molar-refractivity contribution in [3.63, 3.8) is 0 Å². The van der Waals surface area contributed by atoms with Gasteiger partial charge in [0.05, 0.1) is 22.6 Å². The second-order valence-electron chi connectivity index (χ2n) is 9.00. The average Bonchev–Trinajstić information content (AvgIpc) is 3.45. The maximum atomic E-state index is 14.1. The predicted molar refractivity (Wildman–Crippen MR) is 151 cm³/mol. The molecule has 0 fully saturated rings. The lowest BCUT2D eigenvalue weighted by atomic mass is 10.1. The molecular formula is C30H22N8O2. The van der Waals surface area contributed by atoms with E-state index in [-0.39, 0.29) is 16.9 Å². The Balaban J connectivity index is 1.48. The molecule has 2 aromatic carbocycles. The second-order valence-corrected chi connectivity index (χ2v) is 9.00. The quantitative estimate of drug-likeness (QED) is 0.337. The van der Waals surface area contributed by atoms with Crippen LogP contribution in [-0.2, 0) is 0 Å². The molecule has 0 saturated heterocycles. The van der Waals surface area contributed by atoms with Crippen molar-refractivity contribution in [3.8, 4) is 17.5 Å². The highest BCUT2D eigenvalue weighted by molar-refractivity contribution is 6.04. The molecule has 3 N–H and O–H groups in total. The fraction of sp³-hybridized carbons (Fsp3) is 0.0667. The number of rotatable bonds is 4. The van der Waals surface area contributed by atoms with Crippen LogP contribution in [-0.4, -0.2) is 34.8 Å². The molecule has 194 valence electrons. The van der Waals surface area contributed by atoms with Gasteiger partial charge in [0.1, 0.15) is 23.5 Å². The van der Waals surface area contributed by atoms with Crippen molar-refractivity contribution in [2.45, 2.75) is 13.0 Å². The number of para-hydroxylation sites is 1. The van der Waals surface area contributed by atoms with Gasteiger partial charge in [0.25, 0.3) is 11.5 Å². The Hall–Kier alpha value is -5.82. The van der Waals surface area contributed by atoms with E-state index in [9.17, 15) is 9.59 Å². The lowest BCUT2D eigenvalue weighted by Gasteiger charge is -2.20. The van der Waals surface area contributed by atoms with E-state index in [1.165, 1.54) is 10.9 Å². The normalized spacial score (nSPS) is 11.6. The molecule has 10 heteroatoms. The summed E-state index contributed by atoms with van der Waals surface area (Å²) in [6, 6.07) is 17.4. The summed E-state index contributed by atoms with van der Waals surface area (Å²) in [5, 5.41) is 3.30. The lowest BCUT2D eigenvalue weighted by molar-refractivity contribution is 0.0939. The average molecular weight is 527 g/mol. The van der Waals surface area contributed by atoms with Crippen molar-refractivity contribution in [1.82, 2.24) is 34.2 Å². The van der Waals surface area contributed by atoms with E-state index >= 15 is 0 Å². The minimum absolute atomic E-state index is 0.0483. The van der Waals surface area contributed by atoms with Crippen LogP contribution in [0.15, 0.2) is 96.6 Å². The molecule has 6 rings (SSSR count). The van der Waals surface area contributed by atoms with E-state index in [1.54, 1.807) is 60.4 Å². The number of nitrogen functional groups attached to an aromatic ring is 1. The number of anilines is 1. The zero-order chi connectivity index (χ0) is 27.6. The van der Waals surface area contributed by atoms with Gasteiger partial charge in [-0.2, -0.15) is 0 Å². The van der Waals surface area contributed by atoms with Crippen molar-refractivity contribution in [3.05, 3.63) is 125 Å². The highest BCUT2D eigenvalue weighted by Gasteiger charge is 2.24. The Kier molecular flexibility index (Phi) is 6.22. The molecule has 6 aromatic rings. The number of aromatic nitrogens is 6. The molecule has 0 bridgehead atoms. The molecular weight excluding hydrogens is 504 g/mol. The first-order chi connectivity index (χ1) is 19.5. The summed E-state index contributed by atoms with van der Waals surface area (Å²) in [6.45, 7) is 1.76. The molecule has 1 atom stereocenters. The van der Waals surface area contributed by atoms with Crippen LogP contribution in [0.5, 0.6) is 0 Å². The van der Waals surface area contributed by atoms with Gasteiger partial charge in [-0.1, -0.05) is 36.1 Å². The summed E-state index contributed by atoms with van der Waals surface area (Å²) in [5.41, 5.74) is 8.59. The molecule has 40 heavy (non-hydrogen) atoms. The van der Waals surface area contributed by atoms with Gasteiger partial charge in [-0.25, -0.2) is 15.0 Å². The Morgan fingerprint density at radius 3 is 2.65 bits per heavy atom. The first kappa shape index (κ1) is 24.5. The van der Waals surface area contributed by atoms with Crippen molar-refractivity contribution >= 4 is 28.3 Å². The van der Waals surface area contributed by atoms with Crippen LogP contribution >= 0.6 is 0 Å². The summed E-state index contributed by atoms with van der Waals surface area (Å²) >= 11 is 0. The minimum Gasteiger partial charge on any atom is -0.383 e. The summed E-state index contributed by atoms with van der Waals surface area (Å²) in [7, 11) is 0. The van der Waals surface area contributed by atoms with Gasteiger partial charge in [0, 0.05) is 35.9 Å². The van der Waals surface area contributed by atoms with E-state index < -0.39 is 11.9 Å². The zero-order valence-electron chi connectivity index (χ0n) is 21.3. The molecule has 0 unspecified atom stereocenters. The summed E-state index contributed by atoms with van der Waals surface area (Å²) in [4.78, 5) is 44.8. The lowest BCUT2D eigenvalue weighted by Crippen LogP contribution is -2.34. The molecule has 0 aliphatic carbocycles. The summed E-state index contributed by atoms with van der Waals surface area (Å²) < 4.78 is 3.11. The summed E-state index contributed by atoms with van der Waals surface area (Å²) in [5.74, 6) is 6.08. The third-order valence-corrected chi connectivity index (χ3v) is 6.37. The fourth-order valence-electron chi connectivity index (χ4n) is 4.50. The van der Waals surface area contributed by atoms with Crippen LogP contribution in [0.25, 0.3) is 22.2 Å². The Bertz CT molecular complexity index is 2000. The minimum atomic E-state index is -0.690. The van der Waals surface area contributed by atoms with Gasteiger partial charge in [-0.15, -0.1) is 0 Å². The largest absolute Gasteiger partial charge is 0.383 e. The number of benzene rings is 2. The van der Waals surface area contributed by atoms with Crippen LogP contribution in [0.4, 0.5) is 5.82 Å². The molecule has 0 radical (unpaired) electrons. The maximum Gasteiger partial charge on any atom is 0.267 e. The van der Waals surface area contributed by atoms with Crippen LogP contribution in [0, 0.1) is 11.8 Å². The predicted octanol–water partition coefficient (Wildman–Crippen LogP) is 3.30.